The van der Waals surface area contributed by atoms with Gasteiger partial charge in [-0.1, -0.05) is 55.8 Å². The molecule has 2 aromatic carbocycles. The van der Waals surface area contributed by atoms with Gasteiger partial charge in [0.2, 0.25) is 10.0 Å². The molecule has 140 valence electrons. The zero-order valence-corrected chi connectivity index (χ0v) is 16.1. The van der Waals surface area contributed by atoms with Gasteiger partial charge in [-0.05, 0) is 42.5 Å². The summed E-state index contributed by atoms with van der Waals surface area (Å²) in [5, 5.41) is 3.43. The zero-order chi connectivity index (χ0) is 18.4. The molecule has 0 heterocycles. The van der Waals surface area contributed by atoms with Gasteiger partial charge in [-0.2, -0.15) is 0 Å². The molecule has 0 radical (unpaired) electrons. The predicted molar refractivity (Wildman–Crippen MR) is 108 cm³/mol. The second-order valence-electron chi connectivity index (χ2n) is 7.04. The third-order valence-corrected chi connectivity index (χ3v) is 6.61. The Morgan fingerprint density at radius 3 is 2.42 bits per heavy atom. The second kappa shape index (κ2) is 8.69. The maximum atomic E-state index is 12.1. The van der Waals surface area contributed by atoms with Crippen LogP contribution in [0.2, 0.25) is 0 Å². The second-order valence-corrected chi connectivity index (χ2v) is 8.92. The van der Waals surface area contributed by atoms with E-state index in [1.54, 1.807) is 0 Å². The van der Waals surface area contributed by atoms with Crippen molar-refractivity contribution in [1.29, 1.82) is 0 Å². The van der Waals surface area contributed by atoms with Crippen LogP contribution in [0.1, 0.15) is 49.7 Å². The lowest BCUT2D eigenvalue weighted by atomic mass is 9.94. The Morgan fingerprint density at radius 1 is 1.00 bits per heavy atom. The highest BCUT2D eigenvalue weighted by Crippen LogP contribution is 2.35. The van der Waals surface area contributed by atoms with Crippen molar-refractivity contribution in [3.05, 3.63) is 65.7 Å². The Hall–Kier alpha value is -1.85. The Morgan fingerprint density at radius 2 is 1.73 bits per heavy atom. The normalized spacial score (nSPS) is 20.2. The smallest absolute Gasteiger partial charge is 0.211 e. The van der Waals surface area contributed by atoms with Crippen LogP contribution in [0.5, 0.6) is 0 Å². The van der Waals surface area contributed by atoms with Crippen molar-refractivity contribution in [2.24, 2.45) is 0 Å². The largest absolute Gasteiger partial charge is 0.381 e. The predicted octanol–water partition coefficient (Wildman–Crippen LogP) is 4.26. The summed E-state index contributed by atoms with van der Waals surface area (Å²) < 4.78 is 27.2. The molecule has 0 aliphatic heterocycles. The Bertz CT molecular complexity index is 789. The Labute approximate surface area is 157 Å². The van der Waals surface area contributed by atoms with E-state index in [4.69, 9.17) is 0 Å². The van der Waals surface area contributed by atoms with Gasteiger partial charge in [0.25, 0.3) is 0 Å². The van der Waals surface area contributed by atoms with Gasteiger partial charge in [-0.3, -0.25) is 0 Å². The molecule has 1 aliphatic carbocycles. The molecule has 0 spiro atoms. The van der Waals surface area contributed by atoms with E-state index < -0.39 is 10.0 Å². The van der Waals surface area contributed by atoms with Gasteiger partial charge in [0, 0.05) is 24.2 Å². The lowest BCUT2D eigenvalue weighted by molar-refractivity contribution is 0.524. The number of hydrogen-bond donors (Lipinski definition) is 2. The fraction of sp³-hybridized carbons (Fsp3) is 0.429. The summed E-state index contributed by atoms with van der Waals surface area (Å²) in [6, 6.07) is 18.8. The fourth-order valence-electron chi connectivity index (χ4n) is 3.71. The molecule has 0 saturated heterocycles. The van der Waals surface area contributed by atoms with Gasteiger partial charge in [0.05, 0.1) is 5.75 Å². The van der Waals surface area contributed by atoms with E-state index in [1.807, 2.05) is 25.1 Å². The van der Waals surface area contributed by atoms with E-state index in [-0.39, 0.29) is 17.7 Å². The van der Waals surface area contributed by atoms with Crippen LogP contribution in [0.25, 0.3) is 0 Å². The molecule has 2 unspecified atom stereocenters. The molecule has 2 atom stereocenters. The maximum absolute atomic E-state index is 12.1. The number of nitrogens with one attached hydrogen (secondary N) is 2. The first-order chi connectivity index (χ1) is 12.6. The van der Waals surface area contributed by atoms with Crippen molar-refractivity contribution in [3.8, 4) is 0 Å². The van der Waals surface area contributed by atoms with Gasteiger partial charge in [0.1, 0.15) is 0 Å². The molecular weight excluding hydrogens is 344 g/mol. The minimum absolute atomic E-state index is 0.0228. The first-order valence-corrected chi connectivity index (χ1v) is 11.1. The van der Waals surface area contributed by atoms with Crippen LogP contribution in [0.4, 0.5) is 5.69 Å². The molecule has 2 aromatic rings. The van der Waals surface area contributed by atoms with Crippen molar-refractivity contribution >= 4 is 15.7 Å². The Balaban J connectivity index is 1.62. The fourth-order valence-corrected chi connectivity index (χ4v) is 5.11. The molecule has 0 bridgehead atoms. The summed E-state index contributed by atoms with van der Waals surface area (Å²) in [5.74, 6) is 0.475. The molecule has 5 heteroatoms. The lowest BCUT2D eigenvalue weighted by Gasteiger charge is -2.21. The number of rotatable bonds is 8. The highest BCUT2D eigenvalue weighted by atomic mass is 32.2. The van der Waals surface area contributed by atoms with Crippen molar-refractivity contribution in [1.82, 2.24) is 4.72 Å². The third-order valence-electron chi connectivity index (χ3n) is 5.00. The molecular formula is C21H28N2O2S. The van der Waals surface area contributed by atoms with Crippen molar-refractivity contribution in [3.63, 3.8) is 0 Å². The maximum Gasteiger partial charge on any atom is 0.211 e. The van der Waals surface area contributed by atoms with Gasteiger partial charge in [0.15, 0.2) is 0 Å². The monoisotopic (exact) mass is 372 g/mol. The summed E-state index contributed by atoms with van der Waals surface area (Å²) in [6.45, 7) is 2.69. The van der Waals surface area contributed by atoms with Crippen LogP contribution in [-0.4, -0.2) is 20.2 Å². The zero-order valence-electron chi connectivity index (χ0n) is 15.3. The van der Waals surface area contributed by atoms with E-state index in [1.165, 1.54) is 11.1 Å². The summed E-state index contributed by atoms with van der Waals surface area (Å²) in [5.41, 5.74) is 3.55. The Kier molecular flexibility index (Phi) is 6.33. The highest BCUT2D eigenvalue weighted by Gasteiger charge is 2.31. The standard InChI is InChI=1S/C21H28N2O2S/c1-2-15-26(24,25)23-21-10-6-9-20(21)18-11-13-19(14-12-18)22-16-17-7-4-3-5-8-17/h3-5,7-8,11-14,20-23H,2,6,9-10,15-16H2,1H3. The average Bonchev–Trinajstić information content (AvgIpc) is 3.08. The van der Waals surface area contributed by atoms with Crippen molar-refractivity contribution in [2.75, 3.05) is 11.1 Å². The van der Waals surface area contributed by atoms with Crippen molar-refractivity contribution in [2.45, 2.75) is 51.1 Å². The van der Waals surface area contributed by atoms with Crippen LogP contribution in [0.15, 0.2) is 54.6 Å². The van der Waals surface area contributed by atoms with E-state index in [2.05, 4.69) is 46.4 Å². The SMILES string of the molecule is CCCS(=O)(=O)NC1CCCC1c1ccc(NCc2ccccc2)cc1. The van der Waals surface area contributed by atoms with Crippen LogP contribution in [0, 0.1) is 0 Å². The summed E-state index contributed by atoms with van der Waals surface area (Å²) >= 11 is 0. The van der Waals surface area contributed by atoms with E-state index in [0.717, 1.165) is 31.5 Å². The molecule has 2 N–H and O–H groups in total. The molecule has 1 fully saturated rings. The topological polar surface area (TPSA) is 58.2 Å². The lowest BCUT2D eigenvalue weighted by Crippen LogP contribution is -2.37. The molecule has 3 rings (SSSR count). The highest BCUT2D eigenvalue weighted by molar-refractivity contribution is 7.89. The van der Waals surface area contributed by atoms with E-state index >= 15 is 0 Å². The van der Waals surface area contributed by atoms with Gasteiger partial charge in [-0.15, -0.1) is 0 Å². The average molecular weight is 373 g/mol. The summed E-state index contributed by atoms with van der Waals surface area (Å²) in [7, 11) is -3.17. The first kappa shape index (κ1) is 18.9. The number of benzene rings is 2. The van der Waals surface area contributed by atoms with Crippen LogP contribution in [0.3, 0.4) is 0 Å². The molecule has 1 aliphatic rings. The van der Waals surface area contributed by atoms with Gasteiger partial charge < -0.3 is 5.32 Å². The van der Waals surface area contributed by atoms with Crippen LogP contribution < -0.4 is 10.0 Å². The minimum atomic E-state index is -3.17. The summed E-state index contributed by atoms with van der Waals surface area (Å²) in [6.07, 6.45) is 3.67. The molecule has 1 saturated carbocycles. The molecule has 0 amide bonds. The van der Waals surface area contributed by atoms with E-state index in [9.17, 15) is 8.42 Å². The quantitative estimate of drug-likeness (QED) is 0.728. The molecule has 4 nitrogen and oxygen atoms in total. The number of hydrogen-bond acceptors (Lipinski definition) is 3. The molecule has 26 heavy (non-hydrogen) atoms. The van der Waals surface area contributed by atoms with Gasteiger partial charge in [-0.25, -0.2) is 13.1 Å². The number of anilines is 1. The van der Waals surface area contributed by atoms with Crippen molar-refractivity contribution < 1.29 is 8.42 Å². The third kappa shape index (κ3) is 5.08. The minimum Gasteiger partial charge on any atom is -0.381 e. The summed E-state index contributed by atoms with van der Waals surface area (Å²) in [4.78, 5) is 0. The van der Waals surface area contributed by atoms with Crippen LogP contribution in [-0.2, 0) is 16.6 Å². The number of sulfonamides is 1. The van der Waals surface area contributed by atoms with Crippen LogP contribution >= 0.6 is 0 Å². The molecule has 0 aromatic heterocycles. The van der Waals surface area contributed by atoms with Gasteiger partial charge >= 0.3 is 0 Å². The van der Waals surface area contributed by atoms with E-state index in [0.29, 0.717) is 6.42 Å². The first-order valence-electron chi connectivity index (χ1n) is 9.45.